The van der Waals surface area contributed by atoms with E-state index in [2.05, 4.69) is 4.98 Å². The van der Waals surface area contributed by atoms with Crippen molar-refractivity contribution in [2.75, 3.05) is 0 Å². The zero-order valence-electron chi connectivity index (χ0n) is 10.5. The van der Waals surface area contributed by atoms with Gasteiger partial charge in [-0.3, -0.25) is 4.40 Å². The maximum Gasteiger partial charge on any atom is 0.352 e. The molecule has 0 aliphatic rings. The molecule has 20 heavy (non-hydrogen) atoms. The first kappa shape index (κ1) is 12.7. The molecule has 0 unspecified atom stereocenters. The van der Waals surface area contributed by atoms with Gasteiger partial charge in [-0.15, -0.1) is 0 Å². The first-order chi connectivity index (χ1) is 9.65. The largest absolute Gasteiger partial charge is 0.477 e. The van der Waals surface area contributed by atoms with Gasteiger partial charge in [0.2, 0.25) is 0 Å². The summed E-state index contributed by atoms with van der Waals surface area (Å²) >= 11 is 6.13. The molecule has 0 fully saturated rings. The van der Waals surface area contributed by atoms with Crippen molar-refractivity contribution in [3.8, 4) is 0 Å². The Morgan fingerprint density at radius 2 is 2.00 bits per heavy atom. The molecule has 0 radical (unpaired) electrons. The number of nitrogens with zero attached hydrogens (tertiary/aromatic N) is 2. The van der Waals surface area contributed by atoms with Gasteiger partial charge in [-0.2, -0.15) is 0 Å². The number of pyridine rings is 1. The van der Waals surface area contributed by atoms with Crippen molar-refractivity contribution in [2.24, 2.45) is 0 Å². The summed E-state index contributed by atoms with van der Waals surface area (Å²) in [6, 6.07) is 12.6. The van der Waals surface area contributed by atoms with Gasteiger partial charge in [-0.05, 0) is 23.8 Å². The molecule has 1 N–H and O–H groups in total. The van der Waals surface area contributed by atoms with E-state index in [-0.39, 0.29) is 5.69 Å². The van der Waals surface area contributed by atoms with Gasteiger partial charge in [0.1, 0.15) is 11.3 Å². The molecule has 3 rings (SSSR count). The van der Waals surface area contributed by atoms with E-state index in [1.54, 1.807) is 28.8 Å². The van der Waals surface area contributed by atoms with E-state index in [1.807, 2.05) is 24.3 Å². The molecular formula is C15H11ClN2O2. The number of benzene rings is 1. The van der Waals surface area contributed by atoms with Crippen LogP contribution in [0.15, 0.2) is 48.7 Å². The van der Waals surface area contributed by atoms with Gasteiger partial charge in [0.15, 0.2) is 0 Å². The quantitative estimate of drug-likeness (QED) is 0.804. The van der Waals surface area contributed by atoms with Crippen molar-refractivity contribution in [3.05, 3.63) is 70.6 Å². The van der Waals surface area contributed by atoms with Crippen LogP contribution >= 0.6 is 11.6 Å². The zero-order chi connectivity index (χ0) is 14.1. The normalized spacial score (nSPS) is 10.8. The number of hydrogen-bond acceptors (Lipinski definition) is 2. The third-order valence-electron chi connectivity index (χ3n) is 3.09. The van der Waals surface area contributed by atoms with Crippen LogP contribution in [0.4, 0.5) is 0 Å². The number of halogens is 1. The maximum atomic E-state index is 11.2. The maximum absolute atomic E-state index is 11.2. The molecule has 0 aliphatic heterocycles. The number of aromatic carboxylic acids is 1. The number of carboxylic acid groups (broad SMARTS) is 1. The number of aromatic nitrogens is 2. The van der Waals surface area contributed by atoms with Crippen LogP contribution in [-0.2, 0) is 6.42 Å². The minimum Gasteiger partial charge on any atom is -0.477 e. The minimum atomic E-state index is -0.975. The fourth-order valence-electron chi connectivity index (χ4n) is 2.16. The van der Waals surface area contributed by atoms with Crippen LogP contribution in [0, 0.1) is 0 Å². The first-order valence-corrected chi connectivity index (χ1v) is 6.46. The zero-order valence-corrected chi connectivity index (χ0v) is 11.2. The van der Waals surface area contributed by atoms with Crippen LogP contribution in [0.5, 0.6) is 0 Å². The Balaban J connectivity index is 2.04. The van der Waals surface area contributed by atoms with Crippen molar-refractivity contribution in [3.63, 3.8) is 0 Å². The van der Waals surface area contributed by atoms with E-state index >= 15 is 0 Å². The lowest BCUT2D eigenvalue weighted by molar-refractivity contribution is 0.0689. The molecule has 1 aromatic carbocycles. The third-order valence-corrected chi connectivity index (χ3v) is 3.46. The fourth-order valence-corrected chi connectivity index (χ4v) is 2.36. The molecule has 5 heteroatoms. The lowest BCUT2D eigenvalue weighted by Crippen LogP contribution is -2.03. The monoisotopic (exact) mass is 286 g/mol. The second kappa shape index (κ2) is 4.98. The average molecular weight is 287 g/mol. The van der Waals surface area contributed by atoms with E-state index in [0.29, 0.717) is 17.1 Å². The topological polar surface area (TPSA) is 54.6 Å². The summed E-state index contributed by atoms with van der Waals surface area (Å²) in [5.74, 6) is -0.975. The SMILES string of the molecule is O=C(O)c1cccc2nc(Cc3ccccc3Cl)cn12. The van der Waals surface area contributed by atoms with Gasteiger partial charge in [-0.25, -0.2) is 9.78 Å². The summed E-state index contributed by atoms with van der Waals surface area (Å²) in [5, 5.41) is 9.84. The molecule has 0 bridgehead atoms. The van der Waals surface area contributed by atoms with Crippen LogP contribution in [0.2, 0.25) is 5.02 Å². The highest BCUT2D eigenvalue weighted by Crippen LogP contribution is 2.19. The molecule has 2 heterocycles. The Hall–Kier alpha value is -2.33. The van der Waals surface area contributed by atoms with Gasteiger partial charge in [0.05, 0.1) is 5.69 Å². The van der Waals surface area contributed by atoms with E-state index in [9.17, 15) is 4.79 Å². The molecule has 3 aromatic rings. The summed E-state index contributed by atoms with van der Waals surface area (Å²) in [7, 11) is 0. The van der Waals surface area contributed by atoms with Gasteiger partial charge in [0.25, 0.3) is 0 Å². The number of rotatable bonds is 3. The molecule has 0 spiro atoms. The van der Waals surface area contributed by atoms with E-state index in [4.69, 9.17) is 16.7 Å². The van der Waals surface area contributed by atoms with Crippen molar-refractivity contribution in [1.29, 1.82) is 0 Å². The minimum absolute atomic E-state index is 0.195. The number of imidazole rings is 1. The molecule has 0 atom stereocenters. The summed E-state index contributed by atoms with van der Waals surface area (Å²) in [6.07, 6.45) is 2.31. The lowest BCUT2D eigenvalue weighted by atomic mass is 10.1. The van der Waals surface area contributed by atoms with E-state index < -0.39 is 5.97 Å². The van der Waals surface area contributed by atoms with Gasteiger partial charge >= 0.3 is 5.97 Å². The average Bonchev–Trinajstić information content (AvgIpc) is 2.83. The molecule has 100 valence electrons. The number of carboxylic acids is 1. The predicted molar refractivity (Wildman–Crippen MR) is 76.4 cm³/mol. The highest BCUT2D eigenvalue weighted by Gasteiger charge is 2.11. The van der Waals surface area contributed by atoms with Crippen LogP contribution in [0.25, 0.3) is 5.65 Å². The number of fused-ring (bicyclic) bond motifs is 1. The molecular weight excluding hydrogens is 276 g/mol. The van der Waals surface area contributed by atoms with Gasteiger partial charge < -0.3 is 5.11 Å². The molecule has 0 amide bonds. The second-order valence-electron chi connectivity index (χ2n) is 4.44. The van der Waals surface area contributed by atoms with Crippen LogP contribution in [0.1, 0.15) is 21.7 Å². The highest BCUT2D eigenvalue weighted by atomic mass is 35.5. The Kier molecular flexibility index (Phi) is 3.16. The smallest absolute Gasteiger partial charge is 0.352 e. The van der Waals surface area contributed by atoms with Gasteiger partial charge in [-0.1, -0.05) is 35.9 Å². The van der Waals surface area contributed by atoms with Crippen molar-refractivity contribution < 1.29 is 9.90 Å². The second-order valence-corrected chi connectivity index (χ2v) is 4.85. The van der Waals surface area contributed by atoms with Gasteiger partial charge in [0, 0.05) is 17.6 Å². The lowest BCUT2D eigenvalue weighted by Gasteiger charge is -2.00. The van der Waals surface area contributed by atoms with Crippen molar-refractivity contribution in [2.45, 2.75) is 6.42 Å². The standard InChI is InChI=1S/C15H11ClN2O2/c16-12-5-2-1-4-10(12)8-11-9-18-13(15(19)20)6-3-7-14(18)17-11/h1-7,9H,8H2,(H,19,20). The summed E-state index contributed by atoms with van der Waals surface area (Å²) in [6.45, 7) is 0. The number of carbonyl (C=O) groups is 1. The molecule has 0 aliphatic carbocycles. The third kappa shape index (κ3) is 2.26. The number of hydrogen-bond donors (Lipinski definition) is 1. The van der Waals surface area contributed by atoms with E-state index in [1.165, 1.54) is 0 Å². The first-order valence-electron chi connectivity index (χ1n) is 6.09. The molecule has 4 nitrogen and oxygen atoms in total. The fraction of sp³-hybridized carbons (Fsp3) is 0.0667. The summed E-state index contributed by atoms with van der Waals surface area (Å²) in [4.78, 5) is 15.6. The Morgan fingerprint density at radius 1 is 1.20 bits per heavy atom. The molecule has 2 aromatic heterocycles. The Morgan fingerprint density at radius 3 is 2.75 bits per heavy atom. The Bertz CT molecular complexity index is 795. The van der Waals surface area contributed by atoms with Crippen LogP contribution < -0.4 is 0 Å². The highest BCUT2D eigenvalue weighted by molar-refractivity contribution is 6.31. The molecule has 0 saturated carbocycles. The van der Waals surface area contributed by atoms with E-state index in [0.717, 1.165) is 11.3 Å². The Labute approximate surface area is 120 Å². The van der Waals surface area contributed by atoms with Crippen molar-refractivity contribution >= 4 is 23.2 Å². The van der Waals surface area contributed by atoms with Crippen LogP contribution in [0.3, 0.4) is 0 Å². The van der Waals surface area contributed by atoms with Crippen LogP contribution in [-0.4, -0.2) is 20.5 Å². The van der Waals surface area contributed by atoms with Crippen molar-refractivity contribution in [1.82, 2.24) is 9.38 Å². The summed E-state index contributed by atoms with van der Waals surface area (Å²) < 4.78 is 1.58. The predicted octanol–water partition coefficient (Wildman–Crippen LogP) is 3.28. The molecule has 0 saturated heterocycles. The summed E-state index contributed by atoms with van der Waals surface area (Å²) in [5.41, 5.74) is 2.56.